The van der Waals surface area contributed by atoms with Gasteiger partial charge in [-0.05, 0) is 91.9 Å². The molecule has 6 heterocycles. The highest BCUT2D eigenvalue weighted by atomic mass is 127. The van der Waals surface area contributed by atoms with Gasteiger partial charge >= 0.3 is 0 Å². The molecule has 10 rings (SSSR count). The van der Waals surface area contributed by atoms with Crippen LogP contribution in [0.5, 0.6) is 0 Å². The van der Waals surface area contributed by atoms with E-state index in [-0.39, 0.29) is 34.4 Å². The predicted octanol–water partition coefficient (Wildman–Crippen LogP) is 4.52. The van der Waals surface area contributed by atoms with Crippen molar-refractivity contribution in [1.29, 1.82) is 0 Å². The molecule has 4 saturated carbocycles. The molecule has 16 nitrogen and oxygen atoms in total. The first-order valence-corrected chi connectivity index (χ1v) is 22.8. The van der Waals surface area contributed by atoms with E-state index in [2.05, 4.69) is 95.0 Å². The molecule has 6 aromatic rings. The highest BCUT2D eigenvalue weighted by molar-refractivity contribution is 14.1. The fraction of sp³-hybridized carbons (Fsp3) is 0.588. The second-order valence-corrected chi connectivity index (χ2v) is 20.3. The zero-order valence-electron chi connectivity index (χ0n) is 29.5. The van der Waals surface area contributed by atoms with E-state index in [0.29, 0.717) is 11.8 Å². The summed E-state index contributed by atoms with van der Waals surface area (Å²) < 4.78 is 60.5. The molecule has 0 saturated heterocycles. The van der Waals surface area contributed by atoms with Crippen LogP contribution in [0, 0.1) is 15.4 Å². The Morgan fingerprint density at radius 3 is 1.81 bits per heavy atom. The third kappa shape index (κ3) is 6.52. The maximum atomic E-state index is 12.4. The molecule has 2 unspecified atom stereocenters. The van der Waals surface area contributed by atoms with Crippen molar-refractivity contribution < 1.29 is 16.8 Å². The first-order chi connectivity index (χ1) is 25.5. The number of H-pyrrole nitrogens is 2. The van der Waals surface area contributed by atoms with E-state index in [9.17, 15) is 16.8 Å². The largest absolute Gasteiger partial charge is 0.345 e. The molecule has 6 atom stereocenters. The number of halogens is 1. The molecule has 0 spiro atoms. The number of nitrogens with zero attached hydrogens (tertiary/aromatic N) is 8. The quantitative estimate of drug-likeness (QED) is 0.141. The summed E-state index contributed by atoms with van der Waals surface area (Å²) >= 11 is 2.29. The Morgan fingerprint density at radius 1 is 0.736 bits per heavy atom. The SMILES string of the molecule is CC[C@@H]1C[C@H](NS(=O)(=O)C2CC2)CC1c1nnc2cnc3[nH]cc(I)c3n12.CC[C@@H]1C[C@H](NS(=O)(=O)C2CC2)CC1c1nnc2cnc3[nH]ccc3n12. The number of aromatic amines is 2. The van der Waals surface area contributed by atoms with E-state index < -0.39 is 20.0 Å². The first kappa shape index (κ1) is 35.4. The van der Waals surface area contributed by atoms with Crippen LogP contribution in [0.25, 0.3) is 33.6 Å². The van der Waals surface area contributed by atoms with E-state index in [1.165, 1.54) is 0 Å². The number of hydrogen-bond acceptors (Lipinski definition) is 10. The lowest BCUT2D eigenvalue weighted by Gasteiger charge is -2.16. The van der Waals surface area contributed by atoms with Gasteiger partial charge in [0.05, 0.1) is 32.0 Å². The van der Waals surface area contributed by atoms with E-state index in [1.54, 1.807) is 12.4 Å². The van der Waals surface area contributed by atoms with Crippen molar-refractivity contribution in [3.63, 3.8) is 0 Å². The van der Waals surface area contributed by atoms with Gasteiger partial charge in [-0.15, -0.1) is 20.4 Å². The maximum absolute atomic E-state index is 12.4. The minimum absolute atomic E-state index is 0.0218. The maximum Gasteiger partial charge on any atom is 0.214 e. The van der Waals surface area contributed by atoms with Crippen molar-refractivity contribution in [1.82, 2.24) is 58.6 Å². The number of nitrogens with one attached hydrogen (secondary N) is 4. The van der Waals surface area contributed by atoms with Crippen LogP contribution in [0.1, 0.15) is 102 Å². The molecule has 282 valence electrons. The van der Waals surface area contributed by atoms with E-state index in [1.807, 2.05) is 18.5 Å². The Bertz CT molecular complexity index is 2540. The van der Waals surface area contributed by atoms with Crippen LogP contribution in [-0.2, 0) is 20.0 Å². The lowest BCUT2D eigenvalue weighted by molar-refractivity contribution is 0.449. The molecule has 53 heavy (non-hydrogen) atoms. The van der Waals surface area contributed by atoms with Crippen LogP contribution >= 0.6 is 22.6 Å². The topological polar surface area (TPSA) is 210 Å². The van der Waals surface area contributed by atoms with Crippen LogP contribution in [0.4, 0.5) is 0 Å². The van der Waals surface area contributed by atoms with Crippen LogP contribution in [0.3, 0.4) is 0 Å². The number of aromatic nitrogens is 10. The Balaban J connectivity index is 0.000000141. The van der Waals surface area contributed by atoms with Crippen LogP contribution in [0.15, 0.2) is 30.9 Å². The van der Waals surface area contributed by atoms with Crippen molar-refractivity contribution in [3.8, 4) is 0 Å². The third-order valence-electron chi connectivity index (χ3n) is 11.7. The molecular weight excluding hydrogens is 831 g/mol. The predicted molar refractivity (Wildman–Crippen MR) is 207 cm³/mol. The van der Waals surface area contributed by atoms with Crippen molar-refractivity contribution in [2.24, 2.45) is 11.8 Å². The fourth-order valence-electron chi connectivity index (χ4n) is 8.71. The van der Waals surface area contributed by atoms with Crippen molar-refractivity contribution in [2.45, 2.75) is 112 Å². The van der Waals surface area contributed by atoms with Gasteiger partial charge in [0.1, 0.15) is 17.2 Å². The monoisotopic (exact) mass is 874 g/mol. The zero-order valence-corrected chi connectivity index (χ0v) is 33.3. The summed E-state index contributed by atoms with van der Waals surface area (Å²) in [5.41, 5.74) is 5.01. The average molecular weight is 875 g/mol. The van der Waals surface area contributed by atoms with Crippen molar-refractivity contribution >= 4 is 76.3 Å². The lowest BCUT2D eigenvalue weighted by atomic mass is 9.93. The number of hydrogen-bond donors (Lipinski definition) is 4. The number of rotatable bonds is 10. The highest BCUT2D eigenvalue weighted by Gasteiger charge is 2.44. The van der Waals surface area contributed by atoms with E-state index in [4.69, 9.17) is 0 Å². The first-order valence-electron chi connectivity index (χ1n) is 18.6. The van der Waals surface area contributed by atoms with Gasteiger partial charge in [0.15, 0.2) is 22.6 Å². The van der Waals surface area contributed by atoms with Gasteiger partial charge in [-0.3, -0.25) is 8.80 Å². The summed E-state index contributed by atoms with van der Waals surface area (Å²) in [6.45, 7) is 4.32. The smallest absolute Gasteiger partial charge is 0.214 e. The molecule has 6 aromatic heterocycles. The molecule has 4 aliphatic rings. The molecule has 19 heteroatoms. The number of fused-ring (bicyclic) bond motifs is 6. The van der Waals surface area contributed by atoms with E-state index in [0.717, 1.165) is 113 Å². The van der Waals surface area contributed by atoms with Crippen molar-refractivity contribution in [3.05, 3.63) is 46.1 Å². The highest BCUT2D eigenvalue weighted by Crippen LogP contribution is 2.44. The summed E-state index contributed by atoms with van der Waals surface area (Å²) in [5.74, 6) is 2.94. The zero-order chi connectivity index (χ0) is 36.6. The van der Waals surface area contributed by atoms with Gasteiger partial charge in [0.25, 0.3) is 0 Å². The van der Waals surface area contributed by atoms with Gasteiger partial charge in [-0.1, -0.05) is 26.7 Å². The molecule has 0 aliphatic heterocycles. The van der Waals surface area contributed by atoms with Crippen LogP contribution < -0.4 is 9.44 Å². The molecule has 0 radical (unpaired) electrons. The molecule has 4 aliphatic carbocycles. The summed E-state index contributed by atoms with van der Waals surface area (Å²) in [7, 11) is -6.35. The van der Waals surface area contributed by atoms with Gasteiger partial charge in [-0.25, -0.2) is 36.2 Å². The van der Waals surface area contributed by atoms with E-state index >= 15 is 0 Å². The molecule has 4 N–H and O–H groups in total. The number of sulfonamides is 2. The van der Waals surface area contributed by atoms with Crippen LogP contribution in [0.2, 0.25) is 0 Å². The molecule has 4 fully saturated rings. The summed E-state index contributed by atoms with van der Waals surface area (Å²) in [6, 6.07) is 1.93. The Labute approximate surface area is 320 Å². The third-order valence-corrected chi connectivity index (χ3v) is 16.5. The average Bonchev–Trinajstić information content (AvgIpc) is 3.83. The summed E-state index contributed by atoms with van der Waals surface area (Å²) in [4.78, 5) is 15.1. The van der Waals surface area contributed by atoms with Gasteiger partial charge in [0, 0.05) is 36.3 Å². The fourth-order valence-corrected chi connectivity index (χ4v) is 12.6. The van der Waals surface area contributed by atoms with Gasteiger partial charge in [-0.2, -0.15) is 0 Å². The second kappa shape index (κ2) is 13.5. The van der Waals surface area contributed by atoms with Gasteiger partial charge in [0.2, 0.25) is 20.0 Å². The molecule has 0 bridgehead atoms. The molecule has 0 aromatic carbocycles. The van der Waals surface area contributed by atoms with Crippen LogP contribution in [-0.4, -0.2) is 88.6 Å². The van der Waals surface area contributed by atoms with Gasteiger partial charge < -0.3 is 9.97 Å². The Hall–Kier alpha value is -3.27. The molecule has 0 amide bonds. The normalized spacial score (nSPS) is 26.6. The summed E-state index contributed by atoms with van der Waals surface area (Å²) in [5, 5.41) is 17.2. The van der Waals surface area contributed by atoms with Crippen molar-refractivity contribution in [2.75, 3.05) is 0 Å². The Morgan fingerprint density at radius 2 is 1.26 bits per heavy atom. The Kier molecular flexibility index (Phi) is 9.02. The minimum atomic E-state index is -3.18. The molecular formula is C34H43IN12O4S2. The summed E-state index contributed by atoms with van der Waals surface area (Å²) in [6.07, 6.45) is 15.6. The standard InChI is InChI=1S/C17H21IN6O2S.C17H22N6O2S/c1-2-9-5-10(23-27(25,26)11-3-4-11)6-12(9)17-22-21-14-8-20-16-15(24(14)17)13(18)7-19-16;1-2-10-7-11(22-26(24,25)12-3-4-12)8-13(10)17-21-20-15-9-19-16-14(23(15)17)5-6-18-16/h7-12,19,23H,2-6H2,1H3;5-6,9-13,18,22H,2-4,7-8H2,1H3/t9-,10+,12?;10-,11+,13?/m11/s1. The lowest BCUT2D eigenvalue weighted by Crippen LogP contribution is -2.35. The minimum Gasteiger partial charge on any atom is -0.345 e. The second-order valence-electron chi connectivity index (χ2n) is 15.2.